The Kier molecular flexibility index (Phi) is 9.03. The number of aryl methyl sites for hydroxylation is 1. The van der Waals surface area contributed by atoms with Crippen LogP contribution < -0.4 is 24.8 Å². The van der Waals surface area contributed by atoms with E-state index >= 15 is 0 Å². The van der Waals surface area contributed by atoms with Crippen molar-refractivity contribution in [1.82, 2.24) is 0 Å². The third kappa shape index (κ3) is 4.26. The monoisotopic (exact) mass is 484 g/mol. The SMILES string of the molecule is C#CCCc1ccc(C(C)(C)C2=CC=CC2)c2c1-c1ccccc1C2.[Cl-].[Cl-].[Zr+2]. The molecule has 0 spiro atoms. The average molecular weight is 487 g/mol. The summed E-state index contributed by atoms with van der Waals surface area (Å²) >= 11 is 0. The molecule has 4 rings (SSSR count). The fourth-order valence-electron chi connectivity index (χ4n) is 4.41. The molecule has 0 aliphatic heterocycles. The molecule has 0 fully saturated rings. The first kappa shape index (κ1) is 25.0. The van der Waals surface area contributed by atoms with Gasteiger partial charge in [0.25, 0.3) is 0 Å². The Morgan fingerprint density at radius 2 is 1.82 bits per heavy atom. The average Bonchev–Trinajstić information content (AvgIpc) is 3.27. The molecule has 0 radical (unpaired) electrons. The normalized spacial score (nSPS) is 13.2. The van der Waals surface area contributed by atoms with Gasteiger partial charge in [-0.15, -0.1) is 12.3 Å². The smallest absolute Gasteiger partial charge is 1.00 e. The van der Waals surface area contributed by atoms with Gasteiger partial charge in [-0.05, 0) is 52.6 Å². The van der Waals surface area contributed by atoms with Crippen LogP contribution >= 0.6 is 0 Å². The Bertz CT molecular complexity index is 946. The van der Waals surface area contributed by atoms with E-state index in [0.717, 1.165) is 25.7 Å². The molecule has 0 atom stereocenters. The van der Waals surface area contributed by atoms with Crippen LogP contribution in [0.25, 0.3) is 11.1 Å². The van der Waals surface area contributed by atoms with E-state index in [4.69, 9.17) is 6.42 Å². The fraction of sp³-hybridized carbons (Fsp3) is 0.280. The molecular weight excluding hydrogens is 462 g/mol. The molecule has 0 nitrogen and oxygen atoms in total. The van der Waals surface area contributed by atoms with Gasteiger partial charge < -0.3 is 24.8 Å². The van der Waals surface area contributed by atoms with E-state index in [9.17, 15) is 0 Å². The second-order valence-corrected chi connectivity index (χ2v) is 7.61. The van der Waals surface area contributed by atoms with Crippen LogP contribution in [0.1, 0.15) is 48.9 Å². The Hall–Kier alpha value is -1.06. The maximum absolute atomic E-state index is 5.53. The van der Waals surface area contributed by atoms with Crippen molar-refractivity contribution >= 4 is 0 Å². The molecule has 0 heterocycles. The topological polar surface area (TPSA) is 0 Å². The molecule has 142 valence electrons. The second-order valence-electron chi connectivity index (χ2n) is 7.61. The zero-order chi connectivity index (χ0) is 17.4. The van der Waals surface area contributed by atoms with Gasteiger partial charge in [-0.3, -0.25) is 0 Å². The molecule has 2 aliphatic carbocycles. The molecule has 0 N–H and O–H groups in total. The van der Waals surface area contributed by atoms with Gasteiger partial charge in [0, 0.05) is 11.8 Å². The predicted molar refractivity (Wildman–Crippen MR) is 107 cm³/mol. The number of rotatable bonds is 4. The third-order valence-corrected chi connectivity index (χ3v) is 5.84. The molecule has 2 aliphatic rings. The Balaban J connectivity index is 0.00000131. The van der Waals surface area contributed by atoms with Gasteiger partial charge in [0.1, 0.15) is 0 Å². The summed E-state index contributed by atoms with van der Waals surface area (Å²) in [6, 6.07) is 13.5. The van der Waals surface area contributed by atoms with Crippen LogP contribution in [0.15, 0.2) is 60.2 Å². The van der Waals surface area contributed by atoms with Crippen molar-refractivity contribution in [3.63, 3.8) is 0 Å². The first-order valence-corrected chi connectivity index (χ1v) is 9.16. The minimum atomic E-state index is 0. The van der Waals surface area contributed by atoms with Crippen LogP contribution in [0.3, 0.4) is 0 Å². The van der Waals surface area contributed by atoms with Gasteiger partial charge in [0.15, 0.2) is 0 Å². The van der Waals surface area contributed by atoms with E-state index in [1.54, 1.807) is 0 Å². The Morgan fingerprint density at radius 3 is 2.50 bits per heavy atom. The van der Waals surface area contributed by atoms with Crippen LogP contribution in [-0.2, 0) is 44.5 Å². The van der Waals surface area contributed by atoms with Crippen LogP contribution in [0.4, 0.5) is 0 Å². The van der Waals surface area contributed by atoms with Crippen molar-refractivity contribution in [2.24, 2.45) is 0 Å². The standard InChI is InChI=1S/C25H24.2ClH.Zr/c1-4-5-10-18-15-16-23(25(2,3)20-12-7-8-13-20)22-17-19-11-6-9-14-21(19)24(18)22;;;/h1,6-9,11-12,14-16H,5,10,13,17H2,2-3H3;2*1H;/q;;;+2/p-2. The van der Waals surface area contributed by atoms with E-state index in [2.05, 4.69) is 74.4 Å². The van der Waals surface area contributed by atoms with Crippen molar-refractivity contribution in [2.75, 3.05) is 0 Å². The summed E-state index contributed by atoms with van der Waals surface area (Å²) in [7, 11) is 0. The minimum Gasteiger partial charge on any atom is -1.00 e. The summed E-state index contributed by atoms with van der Waals surface area (Å²) in [4.78, 5) is 0. The van der Waals surface area contributed by atoms with Gasteiger partial charge in [-0.1, -0.05) is 74.0 Å². The summed E-state index contributed by atoms with van der Waals surface area (Å²) in [6.07, 6.45) is 16.1. The molecule has 0 saturated heterocycles. The molecule has 0 unspecified atom stereocenters. The van der Waals surface area contributed by atoms with Gasteiger partial charge in [0.05, 0.1) is 0 Å². The molecule has 28 heavy (non-hydrogen) atoms. The summed E-state index contributed by atoms with van der Waals surface area (Å²) in [5, 5.41) is 0. The Morgan fingerprint density at radius 1 is 1.07 bits per heavy atom. The molecule has 0 saturated carbocycles. The summed E-state index contributed by atoms with van der Waals surface area (Å²) in [6.45, 7) is 4.73. The zero-order valence-corrected chi connectivity index (χ0v) is 20.3. The van der Waals surface area contributed by atoms with Crippen LogP contribution in [-0.4, -0.2) is 0 Å². The number of halogens is 2. The van der Waals surface area contributed by atoms with E-state index in [1.807, 2.05) is 0 Å². The largest absolute Gasteiger partial charge is 2.00 e. The van der Waals surface area contributed by atoms with Crippen molar-refractivity contribution in [3.05, 3.63) is 82.5 Å². The first-order chi connectivity index (χ1) is 12.1. The number of fused-ring (bicyclic) bond motifs is 3. The molecule has 0 aromatic heterocycles. The summed E-state index contributed by atoms with van der Waals surface area (Å²) in [5.41, 5.74) is 10.2. The van der Waals surface area contributed by atoms with Crippen LogP contribution in [0, 0.1) is 12.3 Å². The van der Waals surface area contributed by atoms with E-state index in [-0.39, 0.29) is 56.4 Å². The van der Waals surface area contributed by atoms with Crippen molar-refractivity contribution < 1.29 is 51.0 Å². The fourth-order valence-corrected chi connectivity index (χ4v) is 4.41. The molecule has 2 aromatic rings. The molecule has 0 amide bonds. The van der Waals surface area contributed by atoms with Gasteiger partial charge in [0.2, 0.25) is 0 Å². The maximum Gasteiger partial charge on any atom is 2.00 e. The van der Waals surface area contributed by atoms with E-state index < -0.39 is 0 Å². The number of benzene rings is 2. The molecule has 0 bridgehead atoms. The minimum absolute atomic E-state index is 0. The van der Waals surface area contributed by atoms with Gasteiger partial charge >= 0.3 is 26.2 Å². The quantitative estimate of drug-likeness (QED) is 0.456. The van der Waals surface area contributed by atoms with Crippen LogP contribution in [0.5, 0.6) is 0 Å². The van der Waals surface area contributed by atoms with Gasteiger partial charge in [-0.2, -0.15) is 0 Å². The number of allylic oxidation sites excluding steroid dienone is 4. The molecular formula is C25H24Cl2Zr. The molecule has 2 aromatic carbocycles. The maximum atomic E-state index is 5.53. The predicted octanol–water partition coefficient (Wildman–Crippen LogP) is -0.00700. The summed E-state index contributed by atoms with van der Waals surface area (Å²) < 4.78 is 0. The van der Waals surface area contributed by atoms with E-state index in [1.165, 1.54) is 39.0 Å². The second kappa shape index (κ2) is 10.1. The number of terminal acetylenes is 1. The van der Waals surface area contributed by atoms with Gasteiger partial charge in [-0.25, -0.2) is 0 Å². The number of hydrogen-bond acceptors (Lipinski definition) is 0. The van der Waals surface area contributed by atoms with Crippen molar-refractivity contribution in [2.45, 2.75) is 44.9 Å². The van der Waals surface area contributed by atoms with Crippen molar-refractivity contribution in [3.8, 4) is 23.5 Å². The van der Waals surface area contributed by atoms with E-state index in [0.29, 0.717) is 0 Å². The van der Waals surface area contributed by atoms with Crippen molar-refractivity contribution in [1.29, 1.82) is 0 Å². The third-order valence-electron chi connectivity index (χ3n) is 5.84. The summed E-state index contributed by atoms with van der Waals surface area (Å²) in [5.74, 6) is 2.80. The first-order valence-electron chi connectivity index (χ1n) is 9.16. The van der Waals surface area contributed by atoms with Crippen LogP contribution in [0.2, 0.25) is 0 Å². The zero-order valence-electron chi connectivity index (χ0n) is 16.4. The number of hydrogen-bond donors (Lipinski definition) is 0. The Labute approximate surface area is 200 Å². The molecule has 3 heteroatoms.